The van der Waals surface area contributed by atoms with Gasteiger partial charge >= 0.3 is 0 Å². The summed E-state index contributed by atoms with van der Waals surface area (Å²) >= 11 is 0. The van der Waals surface area contributed by atoms with Gasteiger partial charge in [0.15, 0.2) is 5.65 Å². The number of rotatable bonds is 5. The number of likely N-dealkylation sites (N-methyl/N-ethyl adjacent to an activating group) is 1. The van der Waals surface area contributed by atoms with Crippen molar-refractivity contribution >= 4 is 11.6 Å². The Balaban J connectivity index is 1.26. The second-order valence-corrected chi connectivity index (χ2v) is 7.82. The Kier molecular flexibility index (Phi) is 4.91. The third-order valence-electron chi connectivity index (χ3n) is 5.97. The lowest BCUT2D eigenvalue weighted by molar-refractivity contribution is -0.125. The van der Waals surface area contributed by atoms with Gasteiger partial charge in [-0.05, 0) is 63.4 Å². The van der Waals surface area contributed by atoms with Gasteiger partial charge in [0, 0.05) is 25.7 Å². The number of pyridine rings is 1. The van der Waals surface area contributed by atoms with E-state index in [0.717, 1.165) is 50.4 Å². The summed E-state index contributed by atoms with van der Waals surface area (Å²) in [5.74, 6) is 1.12. The molecule has 7 nitrogen and oxygen atoms in total. The summed E-state index contributed by atoms with van der Waals surface area (Å²) < 4.78 is 2.01. The molecule has 7 heteroatoms. The Labute approximate surface area is 154 Å². The lowest BCUT2D eigenvalue weighted by Gasteiger charge is -2.33. The molecule has 1 unspecified atom stereocenters. The third kappa shape index (κ3) is 3.46. The number of hydrogen-bond donors (Lipinski definition) is 2. The van der Waals surface area contributed by atoms with E-state index < -0.39 is 0 Å². The molecular weight excluding hydrogens is 328 g/mol. The number of likely N-dealkylation sites (tertiary alicyclic amines) is 1. The first-order chi connectivity index (χ1) is 12.7. The highest BCUT2D eigenvalue weighted by Crippen LogP contribution is 2.41. The van der Waals surface area contributed by atoms with E-state index in [4.69, 9.17) is 0 Å². The smallest absolute Gasteiger partial charge is 0.237 e. The summed E-state index contributed by atoms with van der Waals surface area (Å²) in [6.45, 7) is 3.88. The maximum atomic E-state index is 12.7. The molecule has 2 aromatic rings. The van der Waals surface area contributed by atoms with E-state index >= 15 is 0 Å². The van der Waals surface area contributed by atoms with Gasteiger partial charge in [-0.25, -0.2) is 0 Å². The van der Waals surface area contributed by atoms with Gasteiger partial charge < -0.3 is 10.6 Å². The molecule has 1 amide bonds. The average molecular weight is 356 g/mol. The molecular formula is C19H28N6O. The fourth-order valence-electron chi connectivity index (χ4n) is 4.52. The minimum absolute atomic E-state index is 0.0158. The van der Waals surface area contributed by atoms with Crippen LogP contribution in [0.25, 0.3) is 5.65 Å². The molecule has 2 aliphatic rings. The molecule has 2 saturated heterocycles. The Morgan fingerprint density at radius 3 is 3.04 bits per heavy atom. The molecule has 0 aliphatic carbocycles. The maximum absolute atomic E-state index is 12.7. The molecule has 4 heterocycles. The van der Waals surface area contributed by atoms with Gasteiger partial charge in [0.1, 0.15) is 5.82 Å². The van der Waals surface area contributed by atoms with Crippen LogP contribution in [0.4, 0.5) is 0 Å². The molecule has 4 rings (SSSR count). The standard InChI is InChI=1S/C19H28N6O/c1-24-14-19(7-10-20-11-8-19)13-15(24)18(26)21-9-4-6-17-23-22-16-5-2-3-12-25(16)17/h2-3,5,12,15,20H,4,6-11,13-14H2,1H3,(H,21,26). The van der Waals surface area contributed by atoms with Crippen LogP contribution in [0, 0.1) is 5.41 Å². The number of hydrogen-bond acceptors (Lipinski definition) is 5. The van der Waals surface area contributed by atoms with Crippen molar-refractivity contribution in [2.45, 2.75) is 38.1 Å². The van der Waals surface area contributed by atoms with E-state index in [1.54, 1.807) is 0 Å². The lowest BCUT2D eigenvalue weighted by atomic mass is 9.77. The van der Waals surface area contributed by atoms with Crippen LogP contribution in [0.5, 0.6) is 0 Å². The first-order valence-corrected chi connectivity index (χ1v) is 9.64. The van der Waals surface area contributed by atoms with Gasteiger partial charge in [0.2, 0.25) is 5.91 Å². The van der Waals surface area contributed by atoms with Crippen LogP contribution >= 0.6 is 0 Å². The summed E-state index contributed by atoms with van der Waals surface area (Å²) in [4.78, 5) is 14.9. The van der Waals surface area contributed by atoms with Crippen molar-refractivity contribution in [3.05, 3.63) is 30.2 Å². The van der Waals surface area contributed by atoms with Gasteiger partial charge in [-0.1, -0.05) is 6.07 Å². The van der Waals surface area contributed by atoms with Gasteiger partial charge in [0.05, 0.1) is 6.04 Å². The number of aromatic nitrogens is 3. The molecule has 0 aromatic carbocycles. The highest BCUT2D eigenvalue weighted by molar-refractivity contribution is 5.82. The SMILES string of the molecule is CN1CC2(CCNCC2)CC1C(=O)NCCCc1nnc2ccccn12. The van der Waals surface area contributed by atoms with Gasteiger partial charge in [-0.3, -0.25) is 14.1 Å². The summed E-state index contributed by atoms with van der Waals surface area (Å²) in [7, 11) is 2.09. The molecule has 2 aromatic heterocycles. The van der Waals surface area contributed by atoms with Crippen molar-refractivity contribution in [1.82, 2.24) is 30.1 Å². The molecule has 140 valence electrons. The number of nitrogens with zero attached hydrogens (tertiary/aromatic N) is 4. The predicted molar refractivity (Wildman–Crippen MR) is 99.9 cm³/mol. The molecule has 26 heavy (non-hydrogen) atoms. The fraction of sp³-hybridized carbons (Fsp3) is 0.632. The Morgan fingerprint density at radius 2 is 2.19 bits per heavy atom. The van der Waals surface area contributed by atoms with E-state index in [2.05, 4.69) is 32.8 Å². The van der Waals surface area contributed by atoms with E-state index in [9.17, 15) is 4.79 Å². The van der Waals surface area contributed by atoms with Crippen molar-refractivity contribution in [2.75, 3.05) is 33.2 Å². The Hall–Kier alpha value is -1.99. The average Bonchev–Trinajstić information content (AvgIpc) is 3.20. The van der Waals surface area contributed by atoms with Crippen molar-refractivity contribution < 1.29 is 4.79 Å². The number of amides is 1. The first kappa shape index (κ1) is 17.4. The predicted octanol–water partition coefficient (Wildman–Crippen LogP) is 0.852. The van der Waals surface area contributed by atoms with E-state index in [1.165, 1.54) is 12.8 Å². The van der Waals surface area contributed by atoms with Gasteiger partial charge in [-0.2, -0.15) is 0 Å². The molecule has 2 N–H and O–H groups in total. The second-order valence-electron chi connectivity index (χ2n) is 7.82. The van der Waals surface area contributed by atoms with Crippen LogP contribution in [-0.2, 0) is 11.2 Å². The first-order valence-electron chi connectivity index (χ1n) is 9.64. The molecule has 1 spiro atoms. The minimum atomic E-state index is 0.0158. The molecule has 2 aliphatic heterocycles. The van der Waals surface area contributed by atoms with Crippen LogP contribution in [0.15, 0.2) is 24.4 Å². The Bertz CT molecular complexity index is 766. The number of aryl methyl sites for hydroxylation is 1. The summed E-state index contributed by atoms with van der Waals surface area (Å²) in [6, 6.07) is 5.90. The molecule has 0 radical (unpaired) electrons. The second kappa shape index (κ2) is 7.32. The summed E-state index contributed by atoms with van der Waals surface area (Å²) in [6.07, 6.45) is 7.01. The summed E-state index contributed by atoms with van der Waals surface area (Å²) in [5, 5.41) is 15.0. The monoisotopic (exact) mass is 356 g/mol. The largest absolute Gasteiger partial charge is 0.355 e. The summed E-state index contributed by atoms with van der Waals surface area (Å²) in [5.41, 5.74) is 1.20. The number of fused-ring (bicyclic) bond motifs is 1. The number of carbonyl (C=O) groups is 1. The maximum Gasteiger partial charge on any atom is 0.237 e. The zero-order chi connectivity index (χ0) is 18.0. The molecule has 0 bridgehead atoms. The minimum Gasteiger partial charge on any atom is -0.355 e. The van der Waals surface area contributed by atoms with Crippen LogP contribution in [0.1, 0.15) is 31.5 Å². The van der Waals surface area contributed by atoms with Crippen LogP contribution in [-0.4, -0.2) is 64.7 Å². The number of piperidine rings is 1. The fourth-order valence-corrected chi connectivity index (χ4v) is 4.52. The number of carbonyl (C=O) groups excluding carboxylic acids is 1. The normalized spacial score (nSPS) is 22.9. The lowest BCUT2D eigenvalue weighted by Crippen LogP contribution is -2.41. The highest BCUT2D eigenvalue weighted by atomic mass is 16.2. The van der Waals surface area contributed by atoms with E-state index in [1.807, 2.05) is 28.8 Å². The Morgan fingerprint density at radius 1 is 1.35 bits per heavy atom. The van der Waals surface area contributed by atoms with Crippen molar-refractivity contribution in [3.63, 3.8) is 0 Å². The van der Waals surface area contributed by atoms with Gasteiger partial charge in [-0.15, -0.1) is 10.2 Å². The van der Waals surface area contributed by atoms with E-state index in [0.29, 0.717) is 12.0 Å². The molecule has 0 saturated carbocycles. The molecule has 1 atom stereocenters. The van der Waals surface area contributed by atoms with Gasteiger partial charge in [0.25, 0.3) is 0 Å². The zero-order valence-corrected chi connectivity index (χ0v) is 15.4. The quantitative estimate of drug-likeness (QED) is 0.777. The van der Waals surface area contributed by atoms with Crippen molar-refractivity contribution in [1.29, 1.82) is 0 Å². The number of nitrogens with one attached hydrogen (secondary N) is 2. The van der Waals surface area contributed by atoms with Crippen LogP contribution in [0.3, 0.4) is 0 Å². The van der Waals surface area contributed by atoms with Crippen LogP contribution in [0.2, 0.25) is 0 Å². The van der Waals surface area contributed by atoms with E-state index in [-0.39, 0.29) is 11.9 Å². The van der Waals surface area contributed by atoms with Crippen molar-refractivity contribution in [3.8, 4) is 0 Å². The van der Waals surface area contributed by atoms with Crippen LogP contribution < -0.4 is 10.6 Å². The zero-order valence-electron chi connectivity index (χ0n) is 15.4. The highest BCUT2D eigenvalue weighted by Gasteiger charge is 2.45. The van der Waals surface area contributed by atoms with Crippen molar-refractivity contribution in [2.24, 2.45) is 5.41 Å². The molecule has 2 fully saturated rings. The topological polar surface area (TPSA) is 74.6 Å². The third-order valence-corrected chi connectivity index (χ3v) is 5.97.